The third-order valence-electron chi connectivity index (χ3n) is 3.74. The minimum Gasteiger partial charge on any atom is -0.334 e. The number of amides is 1. The first-order valence-electron chi connectivity index (χ1n) is 7.57. The van der Waals surface area contributed by atoms with Gasteiger partial charge in [0.05, 0.1) is 16.5 Å². The Bertz CT molecular complexity index is 938. The number of carbonyl (C=O) groups excluding carboxylic acids is 1. The van der Waals surface area contributed by atoms with Gasteiger partial charge in [0, 0.05) is 11.3 Å². The summed E-state index contributed by atoms with van der Waals surface area (Å²) in [6.45, 7) is 4.01. The molecule has 3 aromatic rings. The second-order valence-corrected chi connectivity index (χ2v) is 6.48. The van der Waals surface area contributed by atoms with Crippen molar-refractivity contribution in [2.45, 2.75) is 20.3 Å². The summed E-state index contributed by atoms with van der Waals surface area (Å²) in [4.78, 5) is 16.4. The van der Waals surface area contributed by atoms with Crippen LogP contribution in [0.4, 0.5) is 5.69 Å². The Labute approximate surface area is 155 Å². The van der Waals surface area contributed by atoms with Gasteiger partial charge in [-0.1, -0.05) is 34.4 Å². The second kappa shape index (κ2) is 7.25. The van der Waals surface area contributed by atoms with Crippen LogP contribution in [0, 0.1) is 13.8 Å². The van der Waals surface area contributed by atoms with Crippen molar-refractivity contribution in [3.8, 4) is 11.5 Å². The van der Waals surface area contributed by atoms with Crippen LogP contribution in [0.25, 0.3) is 11.5 Å². The normalized spacial score (nSPS) is 10.7. The maximum absolute atomic E-state index is 12.2. The highest BCUT2D eigenvalue weighted by molar-refractivity contribution is 6.42. The monoisotopic (exact) mass is 375 g/mol. The van der Waals surface area contributed by atoms with Crippen LogP contribution in [-0.4, -0.2) is 16.0 Å². The van der Waals surface area contributed by atoms with Crippen LogP contribution < -0.4 is 5.32 Å². The van der Waals surface area contributed by atoms with Crippen LogP contribution in [0.15, 0.2) is 40.9 Å². The Balaban J connectivity index is 1.69. The molecule has 1 N–H and O–H groups in total. The van der Waals surface area contributed by atoms with E-state index in [0.29, 0.717) is 21.4 Å². The van der Waals surface area contributed by atoms with E-state index in [1.165, 1.54) is 5.56 Å². The molecule has 1 amide bonds. The van der Waals surface area contributed by atoms with Crippen LogP contribution in [0.5, 0.6) is 0 Å². The first-order chi connectivity index (χ1) is 11.9. The van der Waals surface area contributed by atoms with Crippen molar-refractivity contribution in [2.24, 2.45) is 0 Å². The van der Waals surface area contributed by atoms with Gasteiger partial charge in [0.1, 0.15) is 0 Å². The number of halogens is 2. The molecule has 25 heavy (non-hydrogen) atoms. The molecule has 1 aromatic heterocycles. The first-order valence-corrected chi connectivity index (χ1v) is 8.33. The fraction of sp³-hybridized carbons (Fsp3) is 0.167. The zero-order valence-corrected chi connectivity index (χ0v) is 15.1. The van der Waals surface area contributed by atoms with E-state index in [1.807, 2.05) is 32.0 Å². The highest BCUT2D eigenvalue weighted by Gasteiger charge is 2.14. The van der Waals surface area contributed by atoms with Gasteiger partial charge in [-0.2, -0.15) is 4.98 Å². The third kappa shape index (κ3) is 4.18. The largest absolute Gasteiger partial charge is 0.334 e. The molecule has 0 aliphatic rings. The van der Waals surface area contributed by atoms with Crippen LogP contribution in [0.1, 0.15) is 17.0 Å². The standard InChI is InChI=1S/C18H15Cl2N3O2/c1-10-3-5-13(7-11(10)2)21-17(24)9-16-22-18(25-23-16)12-4-6-14(19)15(20)8-12/h3-8H,9H2,1-2H3,(H,21,24). The quantitative estimate of drug-likeness (QED) is 0.707. The number of nitrogens with one attached hydrogen (secondary N) is 1. The summed E-state index contributed by atoms with van der Waals surface area (Å²) in [7, 11) is 0. The number of nitrogens with zero attached hydrogens (tertiary/aromatic N) is 2. The molecule has 0 radical (unpaired) electrons. The molecular weight excluding hydrogens is 361 g/mol. The Kier molecular flexibility index (Phi) is 5.06. The van der Waals surface area contributed by atoms with Gasteiger partial charge in [0.2, 0.25) is 5.91 Å². The number of hydrogen-bond acceptors (Lipinski definition) is 4. The van der Waals surface area contributed by atoms with E-state index in [4.69, 9.17) is 27.7 Å². The number of aromatic nitrogens is 2. The summed E-state index contributed by atoms with van der Waals surface area (Å²) >= 11 is 11.9. The molecule has 2 aromatic carbocycles. The predicted molar refractivity (Wildman–Crippen MR) is 98.0 cm³/mol. The van der Waals surface area contributed by atoms with E-state index < -0.39 is 0 Å². The molecule has 0 saturated carbocycles. The second-order valence-electron chi connectivity index (χ2n) is 5.67. The van der Waals surface area contributed by atoms with Crippen LogP contribution in [-0.2, 0) is 11.2 Å². The first kappa shape index (κ1) is 17.5. The van der Waals surface area contributed by atoms with Gasteiger partial charge in [-0.15, -0.1) is 0 Å². The smallest absolute Gasteiger partial charge is 0.257 e. The summed E-state index contributed by atoms with van der Waals surface area (Å²) in [5.41, 5.74) is 3.66. The van der Waals surface area contributed by atoms with E-state index >= 15 is 0 Å². The van der Waals surface area contributed by atoms with Crippen LogP contribution in [0.3, 0.4) is 0 Å². The molecule has 0 atom stereocenters. The molecule has 0 bridgehead atoms. The summed E-state index contributed by atoms with van der Waals surface area (Å²) < 4.78 is 5.19. The molecule has 5 nitrogen and oxygen atoms in total. The van der Waals surface area contributed by atoms with Crippen LogP contribution in [0.2, 0.25) is 10.0 Å². The minimum atomic E-state index is -0.218. The lowest BCUT2D eigenvalue weighted by atomic mass is 10.1. The van der Waals surface area contributed by atoms with Gasteiger partial charge >= 0.3 is 0 Å². The highest BCUT2D eigenvalue weighted by Crippen LogP contribution is 2.27. The van der Waals surface area contributed by atoms with Gasteiger partial charge < -0.3 is 9.84 Å². The average Bonchev–Trinajstić information content (AvgIpc) is 3.02. The Morgan fingerprint density at radius 2 is 1.88 bits per heavy atom. The fourth-order valence-corrected chi connectivity index (χ4v) is 2.54. The molecular formula is C18H15Cl2N3O2. The molecule has 0 fully saturated rings. The summed E-state index contributed by atoms with van der Waals surface area (Å²) in [5, 5.41) is 7.50. The molecule has 0 unspecified atom stereocenters. The minimum absolute atomic E-state index is 0.0117. The van der Waals surface area contributed by atoms with Crippen molar-refractivity contribution >= 4 is 34.8 Å². The van der Waals surface area contributed by atoms with E-state index in [-0.39, 0.29) is 18.2 Å². The van der Waals surface area contributed by atoms with Crippen molar-refractivity contribution in [3.63, 3.8) is 0 Å². The molecule has 0 saturated heterocycles. The molecule has 0 spiro atoms. The van der Waals surface area contributed by atoms with Crippen LogP contribution >= 0.6 is 23.2 Å². The van der Waals surface area contributed by atoms with E-state index in [1.54, 1.807) is 18.2 Å². The fourth-order valence-electron chi connectivity index (χ4n) is 2.24. The molecule has 7 heteroatoms. The van der Waals surface area contributed by atoms with Crippen molar-refractivity contribution in [1.82, 2.24) is 10.1 Å². The van der Waals surface area contributed by atoms with Crippen molar-refractivity contribution in [2.75, 3.05) is 5.32 Å². The topological polar surface area (TPSA) is 68.0 Å². The zero-order valence-electron chi connectivity index (χ0n) is 13.6. The van der Waals surface area contributed by atoms with Crippen molar-refractivity contribution in [1.29, 1.82) is 0 Å². The lowest BCUT2D eigenvalue weighted by Gasteiger charge is -2.06. The summed E-state index contributed by atoms with van der Waals surface area (Å²) in [5.74, 6) is 0.361. The average molecular weight is 376 g/mol. The highest BCUT2D eigenvalue weighted by atomic mass is 35.5. The number of aryl methyl sites for hydroxylation is 2. The predicted octanol–water partition coefficient (Wildman–Crippen LogP) is 4.84. The molecule has 128 valence electrons. The van der Waals surface area contributed by atoms with E-state index in [9.17, 15) is 4.79 Å². The summed E-state index contributed by atoms with van der Waals surface area (Å²) in [6.07, 6.45) is 0.0117. The number of anilines is 1. The number of hydrogen-bond donors (Lipinski definition) is 1. The van der Waals surface area contributed by atoms with Gasteiger partial charge in [-0.3, -0.25) is 4.79 Å². The molecule has 0 aliphatic heterocycles. The number of carbonyl (C=O) groups is 1. The van der Waals surface area contributed by atoms with Crippen molar-refractivity contribution < 1.29 is 9.32 Å². The van der Waals surface area contributed by atoms with Gasteiger partial charge in [0.25, 0.3) is 5.89 Å². The number of rotatable bonds is 4. The Morgan fingerprint density at radius 3 is 2.60 bits per heavy atom. The van der Waals surface area contributed by atoms with Gasteiger partial charge in [-0.05, 0) is 55.3 Å². The molecule has 3 rings (SSSR count). The van der Waals surface area contributed by atoms with Crippen molar-refractivity contribution in [3.05, 3.63) is 63.4 Å². The molecule has 0 aliphatic carbocycles. The molecule has 1 heterocycles. The Hall–Kier alpha value is -2.37. The van der Waals surface area contributed by atoms with Gasteiger partial charge in [0.15, 0.2) is 5.82 Å². The zero-order chi connectivity index (χ0) is 18.0. The van der Waals surface area contributed by atoms with E-state index in [0.717, 1.165) is 11.3 Å². The third-order valence-corrected chi connectivity index (χ3v) is 4.48. The summed E-state index contributed by atoms with van der Waals surface area (Å²) in [6, 6.07) is 10.7. The maximum Gasteiger partial charge on any atom is 0.257 e. The maximum atomic E-state index is 12.2. The SMILES string of the molecule is Cc1ccc(NC(=O)Cc2noc(-c3ccc(Cl)c(Cl)c3)n2)cc1C. The Morgan fingerprint density at radius 1 is 1.08 bits per heavy atom. The number of benzene rings is 2. The lowest BCUT2D eigenvalue weighted by Crippen LogP contribution is -2.15. The van der Waals surface area contributed by atoms with E-state index in [2.05, 4.69) is 15.5 Å². The lowest BCUT2D eigenvalue weighted by molar-refractivity contribution is -0.115. The van der Waals surface area contributed by atoms with Gasteiger partial charge in [-0.25, -0.2) is 0 Å².